The molecule has 0 aliphatic carbocycles. The van der Waals surface area contributed by atoms with Crippen LogP contribution in [0.1, 0.15) is 40.0 Å². The number of esters is 1. The smallest absolute Gasteiger partial charge is 0.323 e. The van der Waals surface area contributed by atoms with E-state index in [2.05, 4.69) is 11.8 Å². The van der Waals surface area contributed by atoms with Crippen LogP contribution in [-0.2, 0) is 9.53 Å². The Bertz CT molecular complexity index is 192. The van der Waals surface area contributed by atoms with Gasteiger partial charge < -0.3 is 4.74 Å². The largest absolute Gasteiger partial charge is 0.462 e. The summed E-state index contributed by atoms with van der Waals surface area (Å²) in [6, 6.07) is 0.0103. The predicted octanol–water partition coefficient (Wildman–Crippen LogP) is 1.81. The Hall–Kier alpha value is -0.570. The van der Waals surface area contributed by atoms with Crippen molar-refractivity contribution in [1.82, 2.24) is 4.90 Å². The molecule has 1 fully saturated rings. The third-order valence-electron chi connectivity index (χ3n) is 2.64. The summed E-state index contributed by atoms with van der Waals surface area (Å²) in [4.78, 5) is 13.9. The minimum absolute atomic E-state index is 0.00290. The van der Waals surface area contributed by atoms with E-state index < -0.39 is 0 Å². The zero-order valence-corrected chi connectivity index (χ0v) is 9.45. The Morgan fingerprint density at radius 3 is 2.79 bits per heavy atom. The van der Waals surface area contributed by atoms with E-state index in [4.69, 9.17) is 4.74 Å². The van der Waals surface area contributed by atoms with Gasteiger partial charge in [-0.2, -0.15) is 0 Å². The van der Waals surface area contributed by atoms with Gasteiger partial charge in [0.1, 0.15) is 6.04 Å². The van der Waals surface area contributed by atoms with Crippen molar-refractivity contribution in [2.75, 3.05) is 13.1 Å². The molecule has 0 saturated carbocycles. The zero-order chi connectivity index (χ0) is 10.6. The summed E-state index contributed by atoms with van der Waals surface area (Å²) in [6.07, 6.45) is 3.32. The number of hydrogen-bond donors (Lipinski definition) is 0. The molecule has 1 rings (SSSR count). The van der Waals surface area contributed by atoms with Gasteiger partial charge in [0, 0.05) is 0 Å². The number of carbonyl (C=O) groups excluding carboxylic acids is 1. The van der Waals surface area contributed by atoms with Gasteiger partial charge in [0.05, 0.1) is 6.10 Å². The van der Waals surface area contributed by atoms with E-state index in [9.17, 15) is 4.79 Å². The second-order valence-corrected chi connectivity index (χ2v) is 4.13. The first-order valence-corrected chi connectivity index (χ1v) is 5.59. The van der Waals surface area contributed by atoms with Gasteiger partial charge in [0.25, 0.3) is 0 Å². The average Bonchev–Trinajstić information content (AvgIpc) is 2.16. The molecule has 0 bridgehead atoms. The molecule has 82 valence electrons. The van der Waals surface area contributed by atoms with Crippen molar-refractivity contribution in [3.05, 3.63) is 0 Å². The zero-order valence-electron chi connectivity index (χ0n) is 9.45. The molecule has 1 heterocycles. The van der Waals surface area contributed by atoms with Crippen molar-refractivity contribution in [3.63, 3.8) is 0 Å². The summed E-state index contributed by atoms with van der Waals surface area (Å²) in [5, 5.41) is 0. The molecule has 0 aromatic carbocycles. The van der Waals surface area contributed by atoms with Gasteiger partial charge in [0.15, 0.2) is 0 Å². The Kier molecular flexibility index (Phi) is 4.39. The number of carbonyl (C=O) groups is 1. The van der Waals surface area contributed by atoms with Gasteiger partial charge in [-0.05, 0) is 39.8 Å². The maximum absolute atomic E-state index is 11.7. The van der Waals surface area contributed by atoms with E-state index in [0.717, 1.165) is 25.9 Å². The van der Waals surface area contributed by atoms with Crippen molar-refractivity contribution in [2.24, 2.45) is 0 Å². The van der Waals surface area contributed by atoms with Crippen LogP contribution in [0.4, 0.5) is 0 Å². The number of likely N-dealkylation sites (N-methyl/N-ethyl adjacent to an activating group) is 1. The third-order valence-corrected chi connectivity index (χ3v) is 2.64. The lowest BCUT2D eigenvalue weighted by molar-refractivity contribution is -0.155. The van der Waals surface area contributed by atoms with Crippen LogP contribution in [0.3, 0.4) is 0 Å². The molecule has 0 radical (unpaired) electrons. The van der Waals surface area contributed by atoms with Crippen molar-refractivity contribution in [1.29, 1.82) is 0 Å². The normalized spacial score (nSPS) is 23.9. The molecular formula is C11H21NO2. The first-order chi connectivity index (χ1) is 6.65. The second-order valence-electron chi connectivity index (χ2n) is 4.13. The van der Waals surface area contributed by atoms with Gasteiger partial charge in [-0.25, -0.2) is 0 Å². The first-order valence-electron chi connectivity index (χ1n) is 5.59. The maximum Gasteiger partial charge on any atom is 0.323 e. The topological polar surface area (TPSA) is 29.5 Å². The van der Waals surface area contributed by atoms with E-state index in [0.29, 0.717) is 0 Å². The second kappa shape index (κ2) is 5.35. The summed E-state index contributed by atoms with van der Waals surface area (Å²) in [6.45, 7) is 7.88. The van der Waals surface area contributed by atoms with Crippen molar-refractivity contribution < 1.29 is 9.53 Å². The summed E-state index contributed by atoms with van der Waals surface area (Å²) in [7, 11) is 0. The van der Waals surface area contributed by atoms with Crippen LogP contribution in [0.2, 0.25) is 0 Å². The summed E-state index contributed by atoms with van der Waals surface area (Å²) in [5.74, 6) is -0.0402. The van der Waals surface area contributed by atoms with Gasteiger partial charge in [-0.1, -0.05) is 13.3 Å². The molecule has 1 saturated heterocycles. The van der Waals surface area contributed by atoms with Crippen molar-refractivity contribution >= 4 is 5.97 Å². The highest BCUT2D eigenvalue weighted by Gasteiger charge is 2.28. The first kappa shape index (κ1) is 11.5. The minimum atomic E-state index is -0.0402. The van der Waals surface area contributed by atoms with Crippen LogP contribution in [0.25, 0.3) is 0 Å². The molecule has 0 unspecified atom stereocenters. The van der Waals surface area contributed by atoms with E-state index in [1.165, 1.54) is 6.42 Å². The molecule has 3 nitrogen and oxygen atoms in total. The van der Waals surface area contributed by atoms with E-state index in [1.54, 1.807) is 0 Å². The van der Waals surface area contributed by atoms with Crippen LogP contribution in [0.5, 0.6) is 0 Å². The fraction of sp³-hybridized carbons (Fsp3) is 0.909. The molecule has 0 N–H and O–H groups in total. The van der Waals surface area contributed by atoms with Crippen molar-refractivity contribution in [3.8, 4) is 0 Å². The summed E-state index contributed by atoms with van der Waals surface area (Å²) in [5.41, 5.74) is 0. The molecule has 1 aliphatic heterocycles. The number of rotatable bonds is 3. The Morgan fingerprint density at radius 2 is 2.21 bits per heavy atom. The average molecular weight is 199 g/mol. The van der Waals surface area contributed by atoms with E-state index in [1.807, 2.05) is 13.8 Å². The number of piperidine rings is 1. The summed E-state index contributed by atoms with van der Waals surface area (Å²) >= 11 is 0. The van der Waals surface area contributed by atoms with Crippen LogP contribution in [0.15, 0.2) is 0 Å². The Balaban J connectivity index is 2.50. The highest BCUT2D eigenvalue weighted by molar-refractivity contribution is 5.76. The van der Waals surface area contributed by atoms with Gasteiger partial charge >= 0.3 is 5.97 Å². The standard InChI is InChI=1S/C11H21NO2/c1-4-12-8-6-5-7-10(12)11(13)14-9(2)3/h9-10H,4-8H2,1-3H3/t10-/m1/s1. The number of hydrogen-bond acceptors (Lipinski definition) is 3. The molecule has 3 heteroatoms. The monoisotopic (exact) mass is 199 g/mol. The molecule has 1 aliphatic rings. The Labute approximate surface area is 86.4 Å². The molecule has 0 aromatic heterocycles. The van der Waals surface area contributed by atoms with E-state index in [-0.39, 0.29) is 18.1 Å². The SMILES string of the molecule is CCN1CCCC[C@@H]1C(=O)OC(C)C. The highest BCUT2D eigenvalue weighted by Crippen LogP contribution is 2.18. The number of ether oxygens (including phenoxy) is 1. The van der Waals surface area contributed by atoms with Gasteiger partial charge in [-0.15, -0.1) is 0 Å². The molecule has 0 amide bonds. The van der Waals surface area contributed by atoms with Crippen molar-refractivity contribution in [2.45, 2.75) is 52.2 Å². The molecule has 0 spiro atoms. The molecule has 1 atom stereocenters. The van der Waals surface area contributed by atoms with Crippen LogP contribution < -0.4 is 0 Å². The van der Waals surface area contributed by atoms with Gasteiger partial charge in [-0.3, -0.25) is 9.69 Å². The number of nitrogens with zero attached hydrogens (tertiary/aromatic N) is 1. The fourth-order valence-corrected chi connectivity index (χ4v) is 1.95. The third kappa shape index (κ3) is 2.98. The minimum Gasteiger partial charge on any atom is -0.462 e. The predicted molar refractivity (Wildman–Crippen MR) is 56.1 cm³/mol. The molecule has 14 heavy (non-hydrogen) atoms. The van der Waals surface area contributed by atoms with E-state index >= 15 is 0 Å². The Morgan fingerprint density at radius 1 is 1.50 bits per heavy atom. The molecule has 0 aromatic rings. The lowest BCUT2D eigenvalue weighted by Gasteiger charge is -2.33. The van der Waals surface area contributed by atoms with Crippen LogP contribution in [0, 0.1) is 0 Å². The van der Waals surface area contributed by atoms with Crippen LogP contribution >= 0.6 is 0 Å². The highest BCUT2D eigenvalue weighted by atomic mass is 16.5. The lowest BCUT2D eigenvalue weighted by Crippen LogP contribution is -2.45. The number of likely N-dealkylation sites (tertiary alicyclic amines) is 1. The summed E-state index contributed by atoms with van der Waals surface area (Å²) < 4.78 is 5.24. The quantitative estimate of drug-likeness (QED) is 0.649. The van der Waals surface area contributed by atoms with Gasteiger partial charge in [0.2, 0.25) is 0 Å². The lowest BCUT2D eigenvalue weighted by atomic mass is 10.0. The molecular weight excluding hydrogens is 178 g/mol. The maximum atomic E-state index is 11.7. The van der Waals surface area contributed by atoms with Crippen LogP contribution in [-0.4, -0.2) is 36.1 Å². The fourth-order valence-electron chi connectivity index (χ4n) is 1.95.